The average Bonchev–Trinajstić information content (AvgIpc) is 3.20. The maximum atomic E-state index is 9.48. The van der Waals surface area contributed by atoms with E-state index in [1.807, 2.05) is 12.1 Å². The third-order valence-electron chi connectivity index (χ3n) is 4.38. The fourth-order valence-electron chi connectivity index (χ4n) is 2.98. The second-order valence-corrected chi connectivity index (χ2v) is 6.09. The number of aryl methyl sites for hydroxylation is 1. The molecule has 0 heterocycles. The summed E-state index contributed by atoms with van der Waals surface area (Å²) in [7, 11) is 0. The van der Waals surface area contributed by atoms with Gasteiger partial charge in [-0.1, -0.05) is 19.1 Å². The highest BCUT2D eigenvalue weighted by Gasteiger charge is 2.43. The Hall–Kier alpha value is -1.53. The summed E-state index contributed by atoms with van der Waals surface area (Å²) in [6.45, 7) is 2.15. The van der Waals surface area contributed by atoms with Gasteiger partial charge < -0.3 is 4.74 Å². The molecule has 106 valence electrons. The van der Waals surface area contributed by atoms with E-state index in [-0.39, 0.29) is 11.6 Å². The van der Waals surface area contributed by atoms with Crippen LogP contribution in [0.3, 0.4) is 0 Å². The average molecular weight is 270 g/mol. The standard InChI is InChI=1S/C17H22N2O/c1-2-13-3-7-15(8-4-13)20-16-9-10-17(11-16,12-18)19-14-5-6-14/h3-4,7-8,14,16,19H,2,5-6,9-11H2,1H3. The van der Waals surface area contributed by atoms with E-state index in [0.717, 1.165) is 31.4 Å². The summed E-state index contributed by atoms with van der Waals surface area (Å²) in [6, 6.07) is 11.4. The van der Waals surface area contributed by atoms with Crippen LogP contribution in [-0.2, 0) is 6.42 Å². The van der Waals surface area contributed by atoms with E-state index in [1.54, 1.807) is 0 Å². The number of nitrogens with one attached hydrogen (secondary N) is 1. The molecule has 1 aromatic carbocycles. The number of ether oxygens (including phenoxy) is 1. The molecule has 2 aliphatic carbocycles. The summed E-state index contributed by atoms with van der Waals surface area (Å²) in [6.07, 6.45) is 6.30. The van der Waals surface area contributed by atoms with Crippen LogP contribution in [-0.4, -0.2) is 17.7 Å². The van der Waals surface area contributed by atoms with Crippen LogP contribution in [0.2, 0.25) is 0 Å². The summed E-state index contributed by atoms with van der Waals surface area (Å²) in [5.74, 6) is 0.923. The molecular formula is C17H22N2O. The van der Waals surface area contributed by atoms with E-state index in [0.29, 0.717) is 6.04 Å². The maximum Gasteiger partial charge on any atom is 0.119 e. The Morgan fingerprint density at radius 3 is 2.65 bits per heavy atom. The molecule has 2 aliphatic rings. The van der Waals surface area contributed by atoms with Crippen LogP contribution in [0.4, 0.5) is 0 Å². The summed E-state index contributed by atoms with van der Waals surface area (Å²) in [5, 5.41) is 13.0. The lowest BCUT2D eigenvalue weighted by Gasteiger charge is -2.22. The molecule has 0 saturated heterocycles. The third-order valence-corrected chi connectivity index (χ3v) is 4.38. The Morgan fingerprint density at radius 2 is 2.05 bits per heavy atom. The Kier molecular flexibility index (Phi) is 3.67. The molecule has 3 heteroatoms. The van der Waals surface area contributed by atoms with Crippen molar-refractivity contribution in [3.63, 3.8) is 0 Å². The van der Waals surface area contributed by atoms with Gasteiger partial charge in [-0.2, -0.15) is 5.26 Å². The molecule has 2 unspecified atom stereocenters. The molecule has 0 spiro atoms. The molecule has 3 rings (SSSR count). The van der Waals surface area contributed by atoms with Gasteiger partial charge >= 0.3 is 0 Å². The van der Waals surface area contributed by atoms with E-state index in [2.05, 4.69) is 30.4 Å². The predicted octanol–water partition coefficient (Wildman–Crippen LogP) is 3.19. The van der Waals surface area contributed by atoms with E-state index < -0.39 is 0 Å². The molecule has 0 amide bonds. The normalized spacial score (nSPS) is 29.1. The summed E-state index contributed by atoms with van der Waals surface area (Å²) < 4.78 is 6.04. The minimum Gasteiger partial charge on any atom is -0.490 e. The van der Waals surface area contributed by atoms with Gasteiger partial charge in [-0.25, -0.2) is 0 Å². The fourth-order valence-corrected chi connectivity index (χ4v) is 2.98. The van der Waals surface area contributed by atoms with E-state index >= 15 is 0 Å². The van der Waals surface area contributed by atoms with Gasteiger partial charge in [-0.15, -0.1) is 0 Å². The molecule has 2 atom stereocenters. The Bertz CT molecular complexity index is 501. The van der Waals surface area contributed by atoms with Crippen molar-refractivity contribution in [2.45, 2.75) is 63.1 Å². The second-order valence-electron chi connectivity index (χ2n) is 6.09. The Balaban J connectivity index is 1.60. The smallest absolute Gasteiger partial charge is 0.119 e. The van der Waals surface area contributed by atoms with Crippen LogP contribution in [0.1, 0.15) is 44.6 Å². The summed E-state index contributed by atoms with van der Waals surface area (Å²) in [5.41, 5.74) is 0.973. The lowest BCUT2D eigenvalue weighted by atomic mass is 9.99. The quantitative estimate of drug-likeness (QED) is 0.893. The molecule has 20 heavy (non-hydrogen) atoms. The van der Waals surface area contributed by atoms with Gasteiger partial charge in [0.05, 0.1) is 6.07 Å². The van der Waals surface area contributed by atoms with Crippen LogP contribution in [0.25, 0.3) is 0 Å². The molecule has 1 aromatic rings. The number of nitriles is 1. The highest BCUT2D eigenvalue weighted by Crippen LogP contribution is 2.35. The lowest BCUT2D eigenvalue weighted by Crippen LogP contribution is -2.43. The zero-order valence-corrected chi connectivity index (χ0v) is 12.1. The molecular weight excluding hydrogens is 248 g/mol. The number of hydrogen-bond donors (Lipinski definition) is 1. The first kappa shape index (κ1) is 13.5. The molecule has 0 aliphatic heterocycles. The van der Waals surface area contributed by atoms with Gasteiger partial charge in [0, 0.05) is 12.5 Å². The van der Waals surface area contributed by atoms with Crippen molar-refractivity contribution >= 4 is 0 Å². The molecule has 2 saturated carbocycles. The van der Waals surface area contributed by atoms with E-state index in [9.17, 15) is 5.26 Å². The molecule has 0 radical (unpaired) electrons. The van der Waals surface area contributed by atoms with Crippen molar-refractivity contribution in [1.82, 2.24) is 5.32 Å². The topological polar surface area (TPSA) is 45.0 Å². The van der Waals surface area contributed by atoms with Crippen LogP contribution in [0.5, 0.6) is 5.75 Å². The van der Waals surface area contributed by atoms with Gasteiger partial charge in [0.2, 0.25) is 0 Å². The monoisotopic (exact) mass is 270 g/mol. The van der Waals surface area contributed by atoms with Gasteiger partial charge in [0.25, 0.3) is 0 Å². The molecule has 3 nitrogen and oxygen atoms in total. The summed E-state index contributed by atoms with van der Waals surface area (Å²) in [4.78, 5) is 0. The first-order chi connectivity index (χ1) is 9.73. The van der Waals surface area contributed by atoms with Crippen molar-refractivity contribution in [2.75, 3.05) is 0 Å². The van der Waals surface area contributed by atoms with Crippen LogP contribution < -0.4 is 10.1 Å². The first-order valence-electron chi connectivity index (χ1n) is 7.67. The van der Waals surface area contributed by atoms with Crippen molar-refractivity contribution < 1.29 is 4.74 Å². The number of rotatable bonds is 5. The lowest BCUT2D eigenvalue weighted by molar-refractivity contribution is 0.200. The second kappa shape index (κ2) is 5.46. The SMILES string of the molecule is CCc1ccc(OC2CCC(C#N)(NC3CC3)C2)cc1. The Labute approximate surface area is 120 Å². The first-order valence-corrected chi connectivity index (χ1v) is 7.67. The number of hydrogen-bond acceptors (Lipinski definition) is 3. The van der Waals surface area contributed by atoms with E-state index in [1.165, 1.54) is 18.4 Å². The van der Waals surface area contributed by atoms with Crippen molar-refractivity contribution in [2.24, 2.45) is 0 Å². The zero-order valence-electron chi connectivity index (χ0n) is 12.1. The zero-order chi connectivity index (χ0) is 14.0. The molecule has 0 bridgehead atoms. The minimum absolute atomic E-state index is 0.161. The summed E-state index contributed by atoms with van der Waals surface area (Å²) >= 11 is 0. The van der Waals surface area contributed by atoms with Crippen molar-refractivity contribution in [3.8, 4) is 11.8 Å². The Morgan fingerprint density at radius 1 is 1.30 bits per heavy atom. The van der Waals surface area contributed by atoms with Gasteiger partial charge in [0.1, 0.15) is 17.4 Å². The van der Waals surface area contributed by atoms with Gasteiger partial charge in [0.15, 0.2) is 0 Å². The highest BCUT2D eigenvalue weighted by molar-refractivity contribution is 5.28. The van der Waals surface area contributed by atoms with Crippen LogP contribution in [0, 0.1) is 11.3 Å². The van der Waals surface area contributed by atoms with Crippen molar-refractivity contribution in [1.29, 1.82) is 5.26 Å². The molecule has 2 fully saturated rings. The fraction of sp³-hybridized carbons (Fsp3) is 0.588. The van der Waals surface area contributed by atoms with E-state index in [4.69, 9.17) is 4.74 Å². The molecule has 1 N–H and O–H groups in total. The van der Waals surface area contributed by atoms with Crippen LogP contribution >= 0.6 is 0 Å². The molecule has 0 aromatic heterocycles. The number of benzene rings is 1. The maximum absolute atomic E-state index is 9.48. The van der Waals surface area contributed by atoms with Gasteiger partial charge in [-0.3, -0.25) is 5.32 Å². The largest absolute Gasteiger partial charge is 0.490 e. The van der Waals surface area contributed by atoms with Gasteiger partial charge in [-0.05, 0) is 49.8 Å². The predicted molar refractivity (Wildman–Crippen MR) is 78.6 cm³/mol. The highest BCUT2D eigenvalue weighted by atomic mass is 16.5. The minimum atomic E-state index is -0.352. The third kappa shape index (κ3) is 2.96. The number of nitrogens with zero attached hydrogens (tertiary/aromatic N) is 1. The van der Waals surface area contributed by atoms with Crippen LogP contribution in [0.15, 0.2) is 24.3 Å². The van der Waals surface area contributed by atoms with Crippen molar-refractivity contribution in [3.05, 3.63) is 29.8 Å².